The molecule has 1 saturated carbocycles. The molecule has 0 aromatic carbocycles. The van der Waals surface area contributed by atoms with Crippen LogP contribution in [0.3, 0.4) is 0 Å². The van der Waals surface area contributed by atoms with Crippen molar-refractivity contribution in [3.05, 3.63) is 15.6 Å². The van der Waals surface area contributed by atoms with E-state index in [0.717, 1.165) is 25.7 Å². The second-order valence-corrected chi connectivity index (χ2v) is 6.57. The Kier molecular flexibility index (Phi) is 2.97. The van der Waals surface area contributed by atoms with Gasteiger partial charge in [-0.15, -0.1) is 11.3 Å². The third kappa shape index (κ3) is 2.26. The first-order chi connectivity index (χ1) is 8.16. The number of aliphatic hydroxyl groups is 1. The maximum absolute atomic E-state index is 10.0. The lowest BCUT2D eigenvalue weighted by Crippen LogP contribution is -2.46. The Morgan fingerprint density at radius 2 is 2.24 bits per heavy atom. The van der Waals surface area contributed by atoms with Crippen molar-refractivity contribution in [3.63, 3.8) is 0 Å². The first kappa shape index (κ1) is 11.6. The number of hydrogen-bond donors (Lipinski definition) is 2. The number of nitrogens with one attached hydrogen (secondary N) is 1. The van der Waals surface area contributed by atoms with Crippen molar-refractivity contribution in [1.82, 2.24) is 10.3 Å². The van der Waals surface area contributed by atoms with Crippen LogP contribution < -0.4 is 5.32 Å². The Labute approximate surface area is 106 Å². The highest BCUT2D eigenvalue weighted by molar-refractivity contribution is 7.11. The van der Waals surface area contributed by atoms with E-state index in [4.69, 9.17) is 4.98 Å². The van der Waals surface area contributed by atoms with E-state index >= 15 is 0 Å². The van der Waals surface area contributed by atoms with Crippen molar-refractivity contribution in [2.75, 3.05) is 6.54 Å². The highest BCUT2D eigenvalue weighted by Crippen LogP contribution is 2.33. The molecule has 1 aromatic rings. The smallest absolute Gasteiger partial charge is 0.110 e. The second-order valence-electron chi connectivity index (χ2n) is 5.46. The van der Waals surface area contributed by atoms with Gasteiger partial charge in [-0.1, -0.05) is 0 Å². The maximum atomic E-state index is 10.0. The minimum absolute atomic E-state index is 0.273. The number of hydrogen-bond acceptors (Lipinski definition) is 4. The molecule has 0 amide bonds. The molecule has 1 unspecified atom stereocenters. The Balaban J connectivity index is 1.59. The van der Waals surface area contributed by atoms with Crippen LogP contribution in [-0.4, -0.2) is 22.2 Å². The number of fused-ring (bicyclic) bond motifs is 1. The van der Waals surface area contributed by atoms with Crippen LogP contribution in [0, 0.1) is 0 Å². The molecular formula is C13H20N2OS. The monoisotopic (exact) mass is 252 g/mol. The van der Waals surface area contributed by atoms with E-state index in [1.54, 1.807) is 0 Å². The Bertz CT molecular complexity index is 390. The second kappa shape index (κ2) is 4.34. The van der Waals surface area contributed by atoms with Crippen molar-refractivity contribution >= 4 is 11.3 Å². The third-order valence-corrected chi connectivity index (χ3v) is 5.34. The summed E-state index contributed by atoms with van der Waals surface area (Å²) in [4.78, 5) is 6.19. The molecule has 2 aliphatic carbocycles. The van der Waals surface area contributed by atoms with Crippen molar-refractivity contribution in [2.45, 2.75) is 57.1 Å². The molecule has 3 rings (SSSR count). The van der Waals surface area contributed by atoms with Gasteiger partial charge in [-0.3, -0.25) is 0 Å². The molecule has 4 heteroatoms. The number of thiazole rings is 1. The minimum atomic E-state index is -0.436. The SMILES string of the molecule is CC(NCC1(O)CCC1)c1nc2c(s1)CCC2. The van der Waals surface area contributed by atoms with E-state index < -0.39 is 5.60 Å². The molecule has 1 aromatic heterocycles. The summed E-state index contributed by atoms with van der Waals surface area (Å²) in [5.74, 6) is 0. The topological polar surface area (TPSA) is 45.1 Å². The first-order valence-corrected chi connectivity index (χ1v) is 7.42. The summed E-state index contributed by atoms with van der Waals surface area (Å²) in [7, 11) is 0. The summed E-state index contributed by atoms with van der Waals surface area (Å²) in [6.07, 6.45) is 6.70. The van der Waals surface area contributed by atoms with Crippen molar-refractivity contribution in [2.24, 2.45) is 0 Å². The number of nitrogens with zero attached hydrogens (tertiary/aromatic N) is 1. The quantitative estimate of drug-likeness (QED) is 0.863. The molecule has 1 atom stereocenters. The van der Waals surface area contributed by atoms with Gasteiger partial charge in [0.15, 0.2) is 0 Å². The lowest BCUT2D eigenvalue weighted by atomic mass is 9.80. The molecule has 0 saturated heterocycles. The van der Waals surface area contributed by atoms with Gasteiger partial charge < -0.3 is 10.4 Å². The largest absolute Gasteiger partial charge is 0.389 e. The standard InChI is InChI=1S/C13H20N2OS/c1-9(14-8-13(16)6-3-7-13)12-15-10-4-2-5-11(10)17-12/h9,14,16H,2-8H2,1H3. The van der Waals surface area contributed by atoms with Crippen LogP contribution in [0.25, 0.3) is 0 Å². The molecular weight excluding hydrogens is 232 g/mol. The van der Waals surface area contributed by atoms with Crippen LogP contribution >= 0.6 is 11.3 Å². The Morgan fingerprint density at radius 3 is 2.88 bits per heavy atom. The van der Waals surface area contributed by atoms with Gasteiger partial charge >= 0.3 is 0 Å². The number of aromatic nitrogens is 1. The predicted molar refractivity (Wildman–Crippen MR) is 69.4 cm³/mol. The fraction of sp³-hybridized carbons (Fsp3) is 0.769. The lowest BCUT2D eigenvalue weighted by Gasteiger charge is -2.37. The van der Waals surface area contributed by atoms with E-state index in [1.165, 1.54) is 28.4 Å². The summed E-state index contributed by atoms with van der Waals surface area (Å²) >= 11 is 1.85. The van der Waals surface area contributed by atoms with E-state index in [9.17, 15) is 5.11 Å². The molecule has 2 N–H and O–H groups in total. The molecule has 3 nitrogen and oxygen atoms in total. The van der Waals surface area contributed by atoms with Gasteiger partial charge in [0.1, 0.15) is 5.01 Å². The van der Waals surface area contributed by atoms with Crippen molar-refractivity contribution < 1.29 is 5.11 Å². The van der Waals surface area contributed by atoms with Gasteiger partial charge in [0.25, 0.3) is 0 Å². The van der Waals surface area contributed by atoms with Gasteiger partial charge in [0.05, 0.1) is 17.3 Å². The van der Waals surface area contributed by atoms with Crippen molar-refractivity contribution in [1.29, 1.82) is 0 Å². The predicted octanol–water partition coefficient (Wildman–Crippen LogP) is 2.20. The fourth-order valence-electron chi connectivity index (χ4n) is 2.59. The average Bonchev–Trinajstić information content (AvgIpc) is 2.82. The van der Waals surface area contributed by atoms with Gasteiger partial charge in [0, 0.05) is 11.4 Å². The van der Waals surface area contributed by atoms with Crippen LogP contribution in [0.4, 0.5) is 0 Å². The summed E-state index contributed by atoms with van der Waals surface area (Å²) < 4.78 is 0. The van der Waals surface area contributed by atoms with E-state index in [2.05, 4.69) is 12.2 Å². The highest BCUT2D eigenvalue weighted by Gasteiger charge is 2.34. The molecule has 0 spiro atoms. The summed E-state index contributed by atoms with van der Waals surface area (Å²) in [6, 6.07) is 0.273. The zero-order valence-corrected chi connectivity index (χ0v) is 11.1. The van der Waals surface area contributed by atoms with Crippen LogP contribution in [0.15, 0.2) is 0 Å². The van der Waals surface area contributed by atoms with Gasteiger partial charge in [-0.05, 0) is 45.4 Å². The average molecular weight is 252 g/mol. The zero-order chi connectivity index (χ0) is 11.9. The van der Waals surface area contributed by atoms with Gasteiger partial charge in [0.2, 0.25) is 0 Å². The molecule has 94 valence electrons. The number of rotatable bonds is 4. The summed E-state index contributed by atoms with van der Waals surface area (Å²) in [5.41, 5.74) is 0.884. The van der Waals surface area contributed by atoms with Crippen LogP contribution in [0.1, 0.15) is 54.2 Å². The van der Waals surface area contributed by atoms with Gasteiger partial charge in [-0.25, -0.2) is 4.98 Å². The molecule has 1 fully saturated rings. The molecule has 0 aliphatic heterocycles. The Morgan fingerprint density at radius 1 is 1.41 bits per heavy atom. The normalized spacial score (nSPS) is 23.2. The summed E-state index contributed by atoms with van der Waals surface area (Å²) in [6.45, 7) is 2.86. The molecule has 2 aliphatic rings. The minimum Gasteiger partial charge on any atom is -0.389 e. The highest BCUT2D eigenvalue weighted by atomic mass is 32.1. The van der Waals surface area contributed by atoms with E-state index in [0.29, 0.717) is 6.54 Å². The molecule has 1 heterocycles. The lowest BCUT2D eigenvalue weighted by molar-refractivity contribution is -0.0329. The molecule has 17 heavy (non-hydrogen) atoms. The van der Waals surface area contributed by atoms with E-state index in [1.807, 2.05) is 11.3 Å². The maximum Gasteiger partial charge on any atom is 0.110 e. The fourth-order valence-corrected chi connectivity index (χ4v) is 3.77. The van der Waals surface area contributed by atoms with Crippen LogP contribution in [-0.2, 0) is 12.8 Å². The Hall–Kier alpha value is -0.450. The van der Waals surface area contributed by atoms with Crippen LogP contribution in [0.2, 0.25) is 0 Å². The third-order valence-electron chi connectivity index (χ3n) is 4.00. The zero-order valence-electron chi connectivity index (χ0n) is 10.3. The summed E-state index contributed by atoms with van der Waals surface area (Å²) in [5, 5.41) is 14.7. The van der Waals surface area contributed by atoms with Crippen molar-refractivity contribution in [3.8, 4) is 0 Å². The van der Waals surface area contributed by atoms with E-state index in [-0.39, 0.29) is 6.04 Å². The molecule has 0 radical (unpaired) electrons. The molecule has 0 bridgehead atoms. The van der Waals surface area contributed by atoms with Crippen LogP contribution in [0.5, 0.6) is 0 Å². The van der Waals surface area contributed by atoms with Gasteiger partial charge in [-0.2, -0.15) is 0 Å². The first-order valence-electron chi connectivity index (χ1n) is 6.61. The number of aryl methyl sites for hydroxylation is 2.